The zero-order valence-corrected chi connectivity index (χ0v) is 14.5. The molecular weight excluding hydrogens is 316 g/mol. The second-order valence-electron chi connectivity index (χ2n) is 6.26. The second kappa shape index (κ2) is 6.81. The molecule has 0 fully saturated rings. The van der Waals surface area contributed by atoms with Gasteiger partial charge in [-0.15, -0.1) is 0 Å². The molecule has 1 heterocycles. The highest BCUT2D eigenvalue weighted by molar-refractivity contribution is 5.96. The molecule has 0 bridgehead atoms. The molecule has 25 heavy (non-hydrogen) atoms. The van der Waals surface area contributed by atoms with Gasteiger partial charge < -0.3 is 4.42 Å². The largest absolute Gasteiger partial charge is 0.464 e. The van der Waals surface area contributed by atoms with Crippen LogP contribution in [0.3, 0.4) is 0 Å². The van der Waals surface area contributed by atoms with Crippen LogP contribution in [0.4, 0.5) is 0 Å². The summed E-state index contributed by atoms with van der Waals surface area (Å²) in [7, 11) is 0. The average Bonchev–Trinajstić information content (AvgIpc) is 2.96. The van der Waals surface area contributed by atoms with E-state index in [1.807, 2.05) is 39.0 Å². The maximum atomic E-state index is 12.2. The van der Waals surface area contributed by atoms with Gasteiger partial charge in [0.15, 0.2) is 0 Å². The number of amides is 2. The molecule has 0 aliphatic rings. The van der Waals surface area contributed by atoms with E-state index in [2.05, 4.69) is 16.9 Å². The fourth-order valence-electron chi connectivity index (χ4n) is 2.88. The number of aryl methyl sites for hydroxylation is 3. The number of nitrogens with one attached hydrogen (secondary N) is 2. The summed E-state index contributed by atoms with van der Waals surface area (Å²) in [6, 6.07) is 11.1. The van der Waals surface area contributed by atoms with Gasteiger partial charge in [-0.05, 0) is 50.1 Å². The van der Waals surface area contributed by atoms with E-state index in [1.165, 1.54) is 0 Å². The molecule has 2 N–H and O–H groups in total. The van der Waals surface area contributed by atoms with E-state index < -0.39 is 0 Å². The number of carbonyl (C=O) groups is 2. The zero-order chi connectivity index (χ0) is 18.0. The van der Waals surface area contributed by atoms with Crippen LogP contribution in [-0.2, 0) is 11.2 Å². The molecule has 0 aliphatic heterocycles. The third-order valence-corrected chi connectivity index (χ3v) is 4.07. The first-order valence-electron chi connectivity index (χ1n) is 8.07. The molecule has 0 aliphatic carbocycles. The second-order valence-corrected chi connectivity index (χ2v) is 6.26. The maximum Gasteiger partial charge on any atom is 0.269 e. The van der Waals surface area contributed by atoms with Crippen molar-refractivity contribution in [3.8, 4) is 0 Å². The van der Waals surface area contributed by atoms with Gasteiger partial charge in [-0.2, -0.15) is 0 Å². The van der Waals surface area contributed by atoms with Gasteiger partial charge in [0.25, 0.3) is 5.91 Å². The predicted molar refractivity (Wildman–Crippen MR) is 96.2 cm³/mol. The molecule has 0 spiro atoms. The summed E-state index contributed by atoms with van der Waals surface area (Å²) in [6.45, 7) is 5.94. The summed E-state index contributed by atoms with van der Waals surface area (Å²) in [5.74, 6) is -0.652. The number of benzene rings is 2. The van der Waals surface area contributed by atoms with E-state index in [-0.39, 0.29) is 18.2 Å². The van der Waals surface area contributed by atoms with E-state index >= 15 is 0 Å². The van der Waals surface area contributed by atoms with Gasteiger partial charge in [-0.1, -0.05) is 23.8 Å². The van der Waals surface area contributed by atoms with Crippen molar-refractivity contribution < 1.29 is 14.0 Å². The van der Waals surface area contributed by atoms with Gasteiger partial charge in [-0.25, -0.2) is 0 Å². The number of hydrazine groups is 1. The minimum atomic E-state index is -0.350. The summed E-state index contributed by atoms with van der Waals surface area (Å²) in [5.41, 5.74) is 10.2. The molecule has 1 aromatic heterocycles. The molecule has 0 atom stereocenters. The molecular formula is C20H20N2O3. The van der Waals surface area contributed by atoms with E-state index in [0.29, 0.717) is 5.56 Å². The van der Waals surface area contributed by atoms with Gasteiger partial charge in [-0.3, -0.25) is 20.4 Å². The SMILES string of the molecule is Cc1ccc(C(=O)NNC(=O)Cc2coc3cc(C)cc(C)c23)cc1. The minimum absolute atomic E-state index is 0.130. The Hall–Kier alpha value is -3.08. The summed E-state index contributed by atoms with van der Waals surface area (Å²) >= 11 is 0. The third-order valence-electron chi connectivity index (χ3n) is 4.07. The number of carbonyl (C=O) groups excluding carboxylic acids is 2. The Kier molecular flexibility index (Phi) is 4.57. The Balaban J connectivity index is 1.65. The van der Waals surface area contributed by atoms with Gasteiger partial charge in [0.1, 0.15) is 5.58 Å². The standard InChI is InChI=1S/C20H20N2O3/c1-12-4-6-15(7-5-12)20(24)22-21-18(23)10-16-11-25-17-9-13(2)8-14(3)19(16)17/h4-9,11H,10H2,1-3H3,(H,21,23)(H,22,24). The number of fused-ring (bicyclic) bond motifs is 1. The van der Waals surface area contributed by atoms with Crippen LogP contribution in [0, 0.1) is 20.8 Å². The van der Waals surface area contributed by atoms with Crippen molar-refractivity contribution in [3.63, 3.8) is 0 Å². The Morgan fingerprint density at radius 3 is 2.40 bits per heavy atom. The first-order chi connectivity index (χ1) is 11.9. The van der Waals surface area contributed by atoms with Crippen LogP contribution < -0.4 is 10.9 Å². The normalized spacial score (nSPS) is 10.7. The highest BCUT2D eigenvalue weighted by Crippen LogP contribution is 2.26. The van der Waals surface area contributed by atoms with Gasteiger partial charge >= 0.3 is 0 Å². The van der Waals surface area contributed by atoms with Crippen LogP contribution in [0.5, 0.6) is 0 Å². The van der Waals surface area contributed by atoms with E-state index in [9.17, 15) is 9.59 Å². The third kappa shape index (κ3) is 3.71. The number of furan rings is 1. The average molecular weight is 336 g/mol. The summed E-state index contributed by atoms with van der Waals surface area (Å²) < 4.78 is 5.55. The van der Waals surface area contributed by atoms with E-state index in [0.717, 1.165) is 33.2 Å². The van der Waals surface area contributed by atoms with Gasteiger partial charge in [0.05, 0.1) is 12.7 Å². The quantitative estimate of drug-likeness (QED) is 0.721. The lowest BCUT2D eigenvalue weighted by atomic mass is 10.0. The first kappa shape index (κ1) is 16.8. The summed E-state index contributed by atoms with van der Waals surface area (Å²) in [5, 5.41) is 0.950. The Labute approximate surface area is 146 Å². The van der Waals surface area contributed by atoms with Crippen LogP contribution in [-0.4, -0.2) is 11.8 Å². The van der Waals surface area contributed by atoms with E-state index in [1.54, 1.807) is 18.4 Å². The van der Waals surface area contributed by atoms with Crippen molar-refractivity contribution in [2.75, 3.05) is 0 Å². The molecule has 0 radical (unpaired) electrons. The van der Waals surface area contributed by atoms with E-state index in [4.69, 9.17) is 4.42 Å². The molecule has 3 rings (SSSR count). The Morgan fingerprint density at radius 2 is 1.68 bits per heavy atom. The highest BCUT2D eigenvalue weighted by atomic mass is 16.3. The van der Waals surface area contributed by atoms with Crippen molar-refractivity contribution in [1.82, 2.24) is 10.9 Å². The predicted octanol–water partition coefficient (Wildman–Crippen LogP) is 3.36. The molecule has 2 amide bonds. The lowest BCUT2D eigenvalue weighted by molar-refractivity contribution is -0.121. The fraction of sp³-hybridized carbons (Fsp3) is 0.200. The van der Waals surface area contributed by atoms with Crippen molar-refractivity contribution >= 4 is 22.8 Å². The zero-order valence-electron chi connectivity index (χ0n) is 14.5. The van der Waals surface area contributed by atoms with Crippen LogP contribution in [0.15, 0.2) is 47.1 Å². The minimum Gasteiger partial charge on any atom is -0.464 e. The Bertz CT molecular complexity index is 939. The van der Waals surface area contributed by atoms with Crippen molar-refractivity contribution in [3.05, 3.63) is 70.5 Å². The fourth-order valence-corrected chi connectivity index (χ4v) is 2.88. The smallest absolute Gasteiger partial charge is 0.269 e. The van der Waals surface area contributed by atoms with Gasteiger partial charge in [0, 0.05) is 16.5 Å². The lowest BCUT2D eigenvalue weighted by Gasteiger charge is -2.07. The number of rotatable bonds is 3. The van der Waals surface area contributed by atoms with Crippen LogP contribution in [0.1, 0.15) is 32.6 Å². The lowest BCUT2D eigenvalue weighted by Crippen LogP contribution is -2.42. The van der Waals surface area contributed by atoms with Crippen LogP contribution >= 0.6 is 0 Å². The summed E-state index contributed by atoms with van der Waals surface area (Å²) in [6.07, 6.45) is 1.73. The molecule has 0 saturated heterocycles. The summed E-state index contributed by atoms with van der Waals surface area (Å²) in [4.78, 5) is 24.2. The molecule has 0 unspecified atom stereocenters. The molecule has 3 aromatic rings. The Morgan fingerprint density at radius 1 is 0.960 bits per heavy atom. The number of hydrogen-bond donors (Lipinski definition) is 2. The molecule has 5 heteroatoms. The highest BCUT2D eigenvalue weighted by Gasteiger charge is 2.14. The monoisotopic (exact) mass is 336 g/mol. The van der Waals surface area contributed by atoms with Crippen LogP contribution in [0.2, 0.25) is 0 Å². The molecule has 128 valence electrons. The molecule has 2 aromatic carbocycles. The van der Waals surface area contributed by atoms with Gasteiger partial charge in [0.2, 0.25) is 5.91 Å². The maximum absolute atomic E-state index is 12.2. The molecule has 0 saturated carbocycles. The van der Waals surface area contributed by atoms with Crippen LogP contribution in [0.25, 0.3) is 11.0 Å². The molecule has 5 nitrogen and oxygen atoms in total. The van der Waals surface area contributed by atoms with Crippen molar-refractivity contribution in [2.45, 2.75) is 27.2 Å². The van der Waals surface area contributed by atoms with Crippen molar-refractivity contribution in [2.24, 2.45) is 0 Å². The topological polar surface area (TPSA) is 71.3 Å². The number of hydrogen-bond acceptors (Lipinski definition) is 3. The first-order valence-corrected chi connectivity index (χ1v) is 8.07. The van der Waals surface area contributed by atoms with Crippen molar-refractivity contribution in [1.29, 1.82) is 0 Å².